The fourth-order valence-corrected chi connectivity index (χ4v) is 5.84. The van der Waals surface area contributed by atoms with Crippen LogP contribution in [0.4, 0.5) is 0 Å². The summed E-state index contributed by atoms with van der Waals surface area (Å²) in [5, 5.41) is 9.94. The molecule has 0 bridgehead atoms. The van der Waals surface area contributed by atoms with E-state index in [0.29, 0.717) is 14.5 Å². The normalized spacial score (nSPS) is 14.9. The van der Waals surface area contributed by atoms with E-state index in [1.165, 1.54) is 15.6 Å². The molecule has 6 nitrogen and oxygen atoms in total. The van der Waals surface area contributed by atoms with Gasteiger partial charge in [-0.3, -0.25) is 0 Å². The van der Waals surface area contributed by atoms with E-state index in [2.05, 4.69) is 26.1 Å². The molecular formula is C11H13BrN4O2S2. The van der Waals surface area contributed by atoms with Crippen LogP contribution < -0.4 is 0 Å². The molecule has 0 unspecified atom stereocenters. The van der Waals surface area contributed by atoms with Crippen LogP contribution in [0.5, 0.6) is 0 Å². The zero-order valence-corrected chi connectivity index (χ0v) is 14.0. The summed E-state index contributed by atoms with van der Waals surface area (Å²) < 4.78 is 29.2. The molecule has 0 saturated carbocycles. The fraction of sp³-hybridized carbons (Fsp3) is 0.455. The van der Waals surface area contributed by atoms with Crippen LogP contribution in [0.1, 0.15) is 18.1 Å². The van der Waals surface area contributed by atoms with Crippen LogP contribution in [-0.2, 0) is 29.5 Å². The van der Waals surface area contributed by atoms with Gasteiger partial charge in [-0.25, -0.2) is 8.42 Å². The van der Waals surface area contributed by atoms with Crippen molar-refractivity contribution in [1.29, 1.82) is 0 Å². The third kappa shape index (κ3) is 2.32. The van der Waals surface area contributed by atoms with Crippen molar-refractivity contribution in [1.82, 2.24) is 19.1 Å². The van der Waals surface area contributed by atoms with Crippen LogP contribution >= 0.6 is 27.3 Å². The van der Waals surface area contributed by atoms with Gasteiger partial charge in [0, 0.05) is 24.5 Å². The topological polar surface area (TPSA) is 68.1 Å². The average Bonchev–Trinajstić information content (AvgIpc) is 3.07. The monoisotopic (exact) mass is 376 g/mol. The number of aromatic nitrogens is 3. The Morgan fingerprint density at radius 1 is 1.50 bits per heavy atom. The van der Waals surface area contributed by atoms with Gasteiger partial charge in [0.2, 0.25) is 0 Å². The maximum absolute atomic E-state index is 12.5. The zero-order valence-electron chi connectivity index (χ0n) is 10.8. The Hall–Kier alpha value is -0.770. The molecule has 0 radical (unpaired) electrons. The second-order valence-electron chi connectivity index (χ2n) is 4.60. The lowest BCUT2D eigenvalue weighted by Crippen LogP contribution is -2.27. The molecular weight excluding hydrogens is 364 g/mol. The molecule has 0 N–H and O–H groups in total. The molecule has 0 saturated heterocycles. The third-order valence-electron chi connectivity index (χ3n) is 3.28. The smallest absolute Gasteiger partial charge is 0.253 e. The molecule has 0 spiro atoms. The summed E-state index contributed by atoms with van der Waals surface area (Å²) in [6.07, 6.45) is 1.96. The predicted octanol–water partition coefficient (Wildman–Crippen LogP) is 1.87. The highest BCUT2D eigenvalue weighted by atomic mass is 79.9. The number of hydrogen-bond acceptors (Lipinski definition) is 5. The summed E-state index contributed by atoms with van der Waals surface area (Å²) >= 11 is 4.47. The van der Waals surface area contributed by atoms with E-state index < -0.39 is 10.0 Å². The number of sulfonamides is 1. The van der Waals surface area contributed by atoms with Crippen LogP contribution in [0.25, 0.3) is 0 Å². The van der Waals surface area contributed by atoms with Crippen molar-refractivity contribution in [2.45, 2.75) is 30.1 Å². The van der Waals surface area contributed by atoms with Crippen LogP contribution in [0, 0.1) is 0 Å². The first-order chi connectivity index (χ1) is 9.50. The van der Waals surface area contributed by atoms with Gasteiger partial charge in [-0.15, -0.1) is 21.5 Å². The average molecular weight is 377 g/mol. The fourth-order valence-electron chi connectivity index (χ4n) is 2.22. The summed E-state index contributed by atoms with van der Waals surface area (Å²) in [6, 6.07) is 1.74. The minimum Gasteiger partial charge on any atom is -0.314 e. The van der Waals surface area contributed by atoms with Gasteiger partial charge in [-0.05, 0) is 33.8 Å². The molecule has 0 amide bonds. The van der Waals surface area contributed by atoms with Gasteiger partial charge >= 0.3 is 0 Å². The molecule has 0 fully saturated rings. The first kappa shape index (κ1) is 14.2. The van der Waals surface area contributed by atoms with E-state index in [1.54, 1.807) is 18.5 Å². The van der Waals surface area contributed by atoms with E-state index in [-0.39, 0.29) is 6.54 Å². The maximum atomic E-state index is 12.5. The maximum Gasteiger partial charge on any atom is 0.253 e. The highest BCUT2D eigenvalue weighted by Crippen LogP contribution is 2.30. The van der Waals surface area contributed by atoms with Gasteiger partial charge in [-0.1, -0.05) is 0 Å². The molecule has 3 heterocycles. The van der Waals surface area contributed by atoms with Crippen LogP contribution in [0.15, 0.2) is 20.1 Å². The van der Waals surface area contributed by atoms with Crippen LogP contribution in [0.2, 0.25) is 0 Å². The first-order valence-corrected chi connectivity index (χ1v) is 9.21. The Labute approximate surface area is 129 Å². The van der Waals surface area contributed by atoms with E-state index in [4.69, 9.17) is 0 Å². The van der Waals surface area contributed by atoms with E-state index >= 15 is 0 Å². The van der Waals surface area contributed by atoms with Gasteiger partial charge in [0.15, 0.2) is 0 Å². The molecule has 0 aliphatic carbocycles. The molecule has 9 heteroatoms. The number of hydrogen-bond donors (Lipinski definition) is 0. The third-order valence-corrected chi connectivity index (χ3v) is 7.73. The van der Waals surface area contributed by atoms with Crippen LogP contribution in [0.3, 0.4) is 0 Å². The summed E-state index contributed by atoms with van der Waals surface area (Å²) in [6.45, 7) is 1.11. The Morgan fingerprint density at radius 2 is 2.30 bits per heavy atom. The molecule has 1 aliphatic heterocycles. The quantitative estimate of drug-likeness (QED) is 0.816. The summed E-state index contributed by atoms with van der Waals surface area (Å²) in [7, 11) is -1.93. The second-order valence-corrected chi connectivity index (χ2v) is 8.62. The second kappa shape index (κ2) is 5.21. The number of aryl methyl sites for hydroxylation is 1. The summed E-state index contributed by atoms with van der Waals surface area (Å²) in [5.74, 6) is 1.65. The number of rotatable bonds is 4. The Balaban J connectivity index is 1.86. The number of thiophene rings is 1. The largest absolute Gasteiger partial charge is 0.314 e. The molecule has 2 aromatic rings. The van der Waals surface area contributed by atoms with Crippen LogP contribution in [-0.4, -0.2) is 34.5 Å². The lowest BCUT2D eigenvalue weighted by molar-refractivity contribution is 0.448. The SMILES string of the molecule is CN(Cc1nnc2n1CCC2)S(=O)(=O)c1sccc1Br. The van der Waals surface area contributed by atoms with Gasteiger partial charge < -0.3 is 4.57 Å². The highest BCUT2D eigenvalue weighted by molar-refractivity contribution is 9.10. The minimum absolute atomic E-state index is 0.236. The van der Waals surface area contributed by atoms with E-state index in [0.717, 1.165) is 25.2 Å². The highest BCUT2D eigenvalue weighted by Gasteiger charge is 2.27. The zero-order chi connectivity index (χ0) is 14.3. The Morgan fingerprint density at radius 3 is 3.00 bits per heavy atom. The predicted molar refractivity (Wildman–Crippen MR) is 79.0 cm³/mol. The molecule has 2 aromatic heterocycles. The first-order valence-electron chi connectivity index (χ1n) is 6.10. The van der Waals surface area contributed by atoms with Crippen molar-refractivity contribution in [3.63, 3.8) is 0 Å². The van der Waals surface area contributed by atoms with Crippen molar-refractivity contribution in [3.8, 4) is 0 Å². The van der Waals surface area contributed by atoms with Gasteiger partial charge in [-0.2, -0.15) is 4.31 Å². The lowest BCUT2D eigenvalue weighted by Gasteiger charge is -2.16. The molecule has 20 heavy (non-hydrogen) atoms. The summed E-state index contributed by atoms with van der Waals surface area (Å²) in [4.78, 5) is 0. The molecule has 0 aromatic carbocycles. The number of halogens is 1. The van der Waals surface area contributed by atoms with Crippen molar-refractivity contribution in [2.24, 2.45) is 0 Å². The molecule has 1 aliphatic rings. The Bertz CT molecular complexity index is 737. The Kier molecular flexibility index (Phi) is 3.69. The standard InChI is InChI=1S/C11H13BrN4O2S2/c1-15(20(17,18)11-8(12)4-6-19-11)7-10-14-13-9-3-2-5-16(9)10/h4,6H,2-3,5,7H2,1H3. The van der Waals surface area contributed by atoms with Crippen molar-refractivity contribution in [2.75, 3.05) is 7.05 Å². The van der Waals surface area contributed by atoms with Gasteiger partial charge in [0.25, 0.3) is 10.0 Å². The van der Waals surface area contributed by atoms with Crippen molar-refractivity contribution in [3.05, 3.63) is 27.6 Å². The molecule has 3 rings (SSSR count). The number of nitrogens with zero attached hydrogens (tertiary/aromatic N) is 4. The number of fused-ring (bicyclic) bond motifs is 1. The molecule has 108 valence electrons. The van der Waals surface area contributed by atoms with Crippen molar-refractivity contribution >= 4 is 37.3 Å². The van der Waals surface area contributed by atoms with E-state index in [9.17, 15) is 8.42 Å². The van der Waals surface area contributed by atoms with E-state index in [1.807, 2.05) is 4.57 Å². The lowest BCUT2D eigenvalue weighted by atomic mass is 10.4. The van der Waals surface area contributed by atoms with Gasteiger partial charge in [0.1, 0.15) is 15.9 Å². The minimum atomic E-state index is -3.50. The van der Waals surface area contributed by atoms with Gasteiger partial charge in [0.05, 0.1) is 6.54 Å². The molecule has 0 atom stereocenters. The summed E-state index contributed by atoms with van der Waals surface area (Å²) in [5.41, 5.74) is 0. The van der Waals surface area contributed by atoms with Crippen molar-refractivity contribution < 1.29 is 8.42 Å².